The van der Waals surface area contributed by atoms with Gasteiger partial charge in [-0.2, -0.15) is 0 Å². The molecular formula is C17H21NO2. The van der Waals surface area contributed by atoms with Crippen LogP contribution in [0.5, 0.6) is 0 Å². The van der Waals surface area contributed by atoms with E-state index in [2.05, 4.69) is 0 Å². The Morgan fingerprint density at radius 1 is 1.05 bits per heavy atom. The number of nitrogens with zero attached hydrogens (tertiary/aromatic N) is 1. The molecule has 0 atom stereocenters. The maximum absolute atomic E-state index is 12.7. The van der Waals surface area contributed by atoms with E-state index in [-0.39, 0.29) is 17.2 Å². The van der Waals surface area contributed by atoms with Crippen LogP contribution in [0.2, 0.25) is 0 Å². The van der Waals surface area contributed by atoms with Gasteiger partial charge in [0.15, 0.2) is 0 Å². The number of aryl methyl sites for hydroxylation is 1. The second-order valence-electron chi connectivity index (χ2n) is 6.29. The highest BCUT2D eigenvalue weighted by Gasteiger charge is 2.51. The van der Waals surface area contributed by atoms with Gasteiger partial charge in [-0.05, 0) is 25.3 Å². The number of imide groups is 1. The van der Waals surface area contributed by atoms with Crippen LogP contribution >= 0.6 is 0 Å². The Morgan fingerprint density at radius 2 is 1.70 bits per heavy atom. The van der Waals surface area contributed by atoms with Crippen LogP contribution < -0.4 is 0 Å². The molecule has 0 unspecified atom stereocenters. The second-order valence-corrected chi connectivity index (χ2v) is 6.29. The molecule has 1 aromatic carbocycles. The molecule has 1 aliphatic carbocycles. The molecule has 2 amide bonds. The highest BCUT2D eigenvalue weighted by molar-refractivity contribution is 6.05. The molecule has 1 saturated carbocycles. The first kappa shape index (κ1) is 13.3. The monoisotopic (exact) mass is 271 g/mol. The molecule has 0 bridgehead atoms. The summed E-state index contributed by atoms with van der Waals surface area (Å²) in [4.78, 5) is 26.4. The van der Waals surface area contributed by atoms with E-state index in [9.17, 15) is 9.59 Å². The maximum atomic E-state index is 12.7. The van der Waals surface area contributed by atoms with Gasteiger partial charge in [-0.1, -0.05) is 49.1 Å². The van der Waals surface area contributed by atoms with E-state index in [0.29, 0.717) is 13.0 Å². The third-order valence-corrected chi connectivity index (χ3v) is 4.76. The van der Waals surface area contributed by atoms with Gasteiger partial charge in [-0.25, -0.2) is 0 Å². The molecule has 106 valence electrons. The Kier molecular flexibility index (Phi) is 3.36. The van der Waals surface area contributed by atoms with Crippen molar-refractivity contribution in [1.82, 2.24) is 4.90 Å². The van der Waals surface area contributed by atoms with Gasteiger partial charge in [-0.15, -0.1) is 0 Å². The van der Waals surface area contributed by atoms with Crippen LogP contribution in [-0.2, 0) is 16.1 Å². The third-order valence-electron chi connectivity index (χ3n) is 4.76. The average molecular weight is 271 g/mol. The standard InChI is InChI=1S/C17H21NO2/c1-13-5-7-14(8-6-13)12-18-15(19)11-17(16(18)20)9-3-2-4-10-17/h5-8H,2-4,9-12H2,1H3. The fourth-order valence-electron chi connectivity index (χ4n) is 3.52. The van der Waals surface area contributed by atoms with Crippen LogP contribution in [0.1, 0.15) is 49.7 Å². The van der Waals surface area contributed by atoms with Crippen LogP contribution in [0.3, 0.4) is 0 Å². The lowest BCUT2D eigenvalue weighted by molar-refractivity contribution is -0.142. The van der Waals surface area contributed by atoms with Gasteiger partial charge < -0.3 is 0 Å². The Labute approximate surface area is 120 Å². The van der Waals surface area contributed by atoms with Gasteiger partial charge in [0.05, 0.1) is 12.0 Å². The number of amides is 2. The number of benzene rings is 1. The molecule has 2 fully saturated rings. The van der Waals surface area contributed by atoms with Crippen LogP contribution in [0.15, 0.2) is 24.3 Å². The smallest absolute Gasteiger partial charge is 0.236 e. The van der Waals surface area contributed by atoms with E-state index in [0.717, 1.165) is 31.2 Å². The minimum absolute atomic E-state index is 0.0116. The van der Waals surface area contributed by atoms with Crippen LogP contribution in [0.4, 0.5) is 0 Å². The highest BCUT2D eigenvalue weighted by Crippen LogP contribution is 2.45. The minimum atomic E-state index is -0.361. The number of rotatable bonds is 2. The van der Waals surface area contributed by atoms with E-state index in [1.807, 2.05) is 31.2 Å². The summed E-state index contributed by atoms with van der Waals surface area (Å²) in [6, 6.07) is 8.05. The van der Waals surface area contributed by atoms with Crippen molar-refractivity contribution in [3.8, 4) is 0 Å². The molecule has 3 rings (SSSR count). The normalized spacial score (nSPS) is 21.8. The largest absolute Gasteiger partial charge is 0.278 e. The van der Waals surface area contributed by atoms with E-state index >= 15 is 0 Å². The zero-order valence-electron chi connectivity index (χ0n) is 12.0. The topological polar surface area (TPSA) is 37.4 Å². The predicted molar refractivity (Wildman–Crippen MR) is 76.9 cm³/mol. The van der Waals surface area contributed by atoms with Gasteiger partial charge >= 0.3 is 0 Å². The molecule has 1 saturated heterocycles. The van der Waals surface area contributed by atoms with Crippen molar-refractivity contribution in [2.24, 2.45) is 5.41 Å². The second kappa shape index (κ2) is 5.04. The van der Waals surface area contributed by atoms with E-state index < -0.39 is 0 Å². The Balaban J connectivity index is 1.78. The van der Waals surface area contributed by atoms with Crippen molar-refractivity contribution < 1.29 is 9.59 Å². The van der Waals surface area contributed by atoms with Crippen molar-refractivity contribution in [1.29, 1.82) is 0 Å². The fraction of sp³-hybridized carbons (Fsp3) is 0.529. The number of hydrogen-bond donors (Lipinski definition) is 0. The summed E-state index contributed by atoms with van der Waals surface area (Å²) < 4.78 is 0. The molecule has 1 spiro atoms. The lowest BCUT2D eigenvalue weighted by atomic mass is 9.73. The summed E-state index contributed by atoms with van der Waals surface area (Å²) in [7, 11) is 0. The fourth-order valence-corrected chi connectivity index (χ4v) is 3.52. The van der Waals surface area contributed by atoms with E-state index in [4.69, 9.17) is 0 Å². The van der Waals surface area contributed by atoms with Crippen molar-refractivity contribution in [3.63, 3.8) is 0 Å². The van der Waals surface area contributed by atoms with Gasteiger partial charge in [0.25, 0.3) is 0 Å². The SMILES string of the molecule is Cc1ccc(CN2C(=O)CC3(CCCCC3)C2=O)cc1. The van der Waals surface area contributed by atoms with Crippen molar-refractivity contribution in [3.05, 3.63) is 35.4 Å². The molecule has 3 heteroatoms. The molecule has 1 heterocycles. The van der Waals surface area contributed by atoms with Crippen molar-refractivity contribution in [2.75, 3.05) is 0 Å². The summed E-state index contributed by atoms with van der Waals surface area (Å²) in [6.07, 6.45) is 5.57. The summed E-state index contributed by atoms with van der Waals surface area (Å²) in [5, 5.41) is 0. The van der Waals surface area contributed by atoms with Gasteiger partial charge in [0.1, 0.15) is 0 Å². The summed E-state index contributed by atoms with van der Waals surface area (Å²) in [6.45, 7) is 2.46. The lowest BCUT2D eigenvalue weighted by Crippen LogP contribution is -2.36. The first-order valence-corrected chi connectivity index (χ1v) is 7.51. The molecular weight excluding hydrogens is 250 g/mol. The lowest BCUT2D eigenvalue weighted by Gasteiger charge is -2.30. The Hall–Kier alpha value is -1.64. The molecule has 1 aliphatic heterocycles. The molecule has 0 aromatic heterocycles. The van der Waals surface area contributed by atoms with Gasteiger partial charge in [0.2, 0.25) is 11.8 Å². The summed E-state index contributed by atoms with van der Waals surface area (Å²) in [5.41, 5.74) is 1.86. The maximum Gasteiger partial charge on any atom is 0.236 e. The highest BCUT2D eigenvalue weighted by atomic mass is 16.2. The number of likely N-dealkylation sites (tertiary alicyclic amines) is 1. The average Bonchev–Trinajstić information content (AvgIpc) is 2.67. The van der Waals surface area contributed by atoms with Crippen LogP contribution in [0.25, 0.3) is 0 Å². The molecule has 0 radical (unpaired) electrons. The summed E-state index contributed by atoms with van der Waals surface area (Å²) in [5.74, 6) is 0.0836. The zero-order chi connectivity index (χ0) is 14.2. The van der Waals surface area contributed by atoms with Crippen molar-refractivity contribution >= 4 is 11.8 Å². The predicted octanol–water partition coefficient (Wildman–Crippen LogP) is 3.20. The number of carbonyl (C=O) groups excluding carboxylic acids is 2. The molecule has 3 nitrogen and oxygen atoms in total. The molecule has 0 N–H and O–H groups in total. The van der Waals surface area contributed by atoms with Crippen molar-refractivity contribution in [2.45, 2.75) is 52.0 Å². The first-order chi connectivity index (χ1) is 9.61. The van der Waals surface area contributed by atoms with Gasteiger partial charge in [-0.3, -0.25) is 14.5 Å². The summed E-state index contributed by atoms with van der Waals surface area (Å²) >= 11 is 0. The third kappa shape index (κ3) is 2.26. The number of carbonyl (C=O) groups is 2. The number of hydrogen-bond acceptors (Lipinski definition) is 2. The van der Waals surface area contributed by atoms with Gasteiger partial charge in [0, 0.05) is 6.42 Å². The molecule has 20 heavy (non-hydrogen) atoms. The van der Waals surface area contributed by atoms with E-state index in [1.165, 1.54) is 16.9 Å². The van der Waals surface area contributed by atoms with E-state index in [1.54, 1.807) is 0 Å². The Bertz CT molecular complexity index is 526. The quantitative estimate of drug-likeness (QED) is 0.775. The molecule has 2 aliphatic rings. The van der Waals surface area contributed by atoms with Crippen LogP contribution in [0, 0.1) is 12.3 Å². The Morgan fingerprint density at radius 3 is 2.35 bits per heavy atom. The minimum Gasteiger partial charge on any atom is -0.278 e. The first-order valence-electron chi connectivity index (χ1n) is 7.51. The van der Waals surface area contributed by atoms with Crippen LogP contribution in [-0.4, -0.2) is 16.7 Å². The zero-order valence-corrected chi connectivity index (χ0v) is 12.0. The molecule has 1 aromatic rings.